The number of halogens is 1. The Kier molecular flexibility index (Phi) is 4.22. The normalized spacial score (nSPS) is 16.8. The number of benzene rings is 1. The van der Waals surface area contributed by atoms with Gasteiger partial charge in [0.2, 0.25) is 0 Å². The van der Waals surface area contributed by atoms with E-state index < -0.39 is 0 Å². The molecular weight excluding hydrogens is 313 g/mol. The third-order valence-electron chi connectivity index (χ3n) is 5.00. The molecule has 0 aliphatic heterocycles. The van der Waals surface area contributed by atoms with Crippen LogP contribution in [0.5, 0.6) is 0 Å². The molecule has 4 heteroatoms. The van der Waals surface area contributed by atoms with Gasteiger partial charge in [0.25, 0.3) is 0 Å². The summed E-state index contributed by atoms with van der Waals surface area (Å²) in [7, 11) is 0. The molecule has 128 valence electrons. The van der Waals surface area contributed by atoms with Crippen molar-refractivity contribution in [1.82, 2.24) is 15.3 Å². The number of rotatable bonds is 3. The number of aromatic nitrogens is 2. The molecule has 1 aliphatic rings. The first-order valence-corrected chi connectivity index (χ1v) is 8.85. The van der Waals surface area contributed by atoms with E-state index in [2.05, 4.69) is 30.2 Å². The van der Waals surface area contributed by atoms with Crippen LogP contribution in [0.2, 0.25) is 0 Å². The van der Waals surface area contributed by atoms with E-state index in [9.17, 15) is 4.39 Å². The molecule has 0 spiro atoms. The average Bonchev–Trinajstić information content (AvgIpc) is 2.59. The van der Waals surface area contributed by atoms with Crippen molar-refractivity contribution >= 4 is 10.9 Å². The lowest BCUT2D eigenvalue weighted by molar-refractivity contribution is 0.451. The third kappa shape index (κ3) is 3.14. The van der Waals surface area contributed by atoms with E-state index in [-0.39, 0.29) is 5.82 Å². The molecule has 3 aromatic rings. The summed E-state index contributed by atoms with van der Waals surface area (Å²) in [5.41, 5.74) is 6.51. The molecule has 2 aromatic heterocycles. The van der Waals surface area contributed by atoms with Crippen molar-refractivity contribution in [2.45, 2.75) is 45.7 Å². The summed E-state index contributed by atoms with van der Waals surface area (Å²) >= 11 is 0. The summed E-state index contributed by atoms with van der Waals surface area (Å²) in [5.74, 6) is -0.268. The molecular formula is C21H22FN3. The molecule has 0 bridgehead atoms. The second-order valence-corrected chi connectivity index (χ2v) is 6.92. The van der Waals surface area contributed by atoms with Crippen LogP contribution in [0.4, 0.5) is 4.39 Å². The van der Waals surface area contributed by atoms with Crippen LogP contribution < -0.4 is 5.32 Å². The minimum absolute atomic E-state index is 0.268. The van der Waals surface area contributed by atoms with Crippen molar-refractivity contribution < 1.29 is 4.39 Å². The lowest BCUT2D eigenvalue weighted by atomic mass is 9.88. The standard InChI is InChI=1S/C21H22FN3/c1-13-9-14(2)25-19-8-4-7-18(20(13)19)23-11-15-10-16-5-3-6-17(22)21(16)24-12-15/h3,5-6,9-10,12,18,23H,4,7-8,11H2,1-2H3. The van der Waals surface area contributed by atoms with Crippen LogP contribution in [0.25, 0.3) is 10.9 Å². The van der Waals surface area contributed by atoms with Gasteiger partial charge in [-0.15, -0.1) is 0 Å². The van der Waals surface area contributed by atoms with Gasteiger partial charge in [0.05, 0.1) is 0 Å². The van der Waals surface area contributed by atoms with Crippen molar-refractivity contribution in [3.05, 3.63) is 70.4 Å². The van der Waals surface area contributed by atoms with E-state index in [1.54, 1.807) is 12.3 Å². The van der Waals surface area contributed by atoms with Gasteiger partial charge in [-0.05, 0) is 68.0 Å². The maximum absolute atomic E-state index is 13.8. The van der Waals surface area contributed by atoms with Crippen molar-refractivity contribution in [2.24, 2.45) is 0 Å². The molecule has 2 heterocycles. The van der Waals surface area contributed by atoms with Gasteiger partial charge in [-0.2, -0.15) is 0 Å². The first-order chi connectivity index (χ1) is 12.1. The molecule has 1 atom stereocenters. The van der Waals surface area contributed by atoms with Crippen LogP contribution in [0.3, 0.4) is 0 Å². The van der Waals surface area contributed by atoms with Crippen LogP contribution in [0.15, 0.2) is 36.5 Å². The number of aryl methyl sites for hydroxylation is 3. The number of pyridine rings is 2. The number of fused-ring (bicyclic) bond motifs is 2. The van der Waals surface area contributed by atoms with Gasteiger partial charge in [-0.3, -0.25) is 9.97 Å². The predicted octanol–water partition coefficient (Wildman–Crippen LogP) is 4.55. The third-order valence-corrected chi connectivity index (χ3v) is 5.00. The Hall–Kier alpha value is -2.33. The highest BCUT2D eigenvalue weighted by Gasteiger charge is 2.23. The highest BCUT2D eigenvalue weighted by Crippen LogP contribution is 2.32. The Balaban J connectivity index is 1.57. The lowest BCUT2D eigenvalue weighted by Gasteiger charge is -2.28. The van der Waals surface area contributed by atoms with Crippen LogP contribution in [0.1, 0.15) is 47.0 Å². The first kappa shape index (κ1) is 16.2. The van der Waals surface area contributed by atoms with Gasteiger partial charge < -0.3 is 5.32 Å². The zero-order valence-corrected chi connectivity index (χ0v) is 14.6. The average molecular weight is 335 g/mol. The van der Waals surface area contributed by atoms with Gasteiger partial charge in [-0.25, -0.2) is 4.39 Å². The molecule has 0 saturated carbocycles. The SMILES string of the molecule is Cc1cc(C)c2c(n1)CCCC2NCc1cnc2c(F)cccc2c1. The fraction of sp³-hybridized carbons (Fsp3) is 0.333. The second kappa shape index (κ2) is 6.52. The number of hydrogen-bond donors (Lipinski definition) is 1. The lowest BCUT2D eigenvalue weighted by Crippen LogP contribution is -2.26. The van der Waals surface area contributed by atoms with Crippen molar-refractivity contribution in [1.29, 1.82) is 0 Å². The van der Waals surface area contributed by atoms with Crippen LogP contribution in [-0.4, -0.2) is 9.97 Å². The Labute approximate surface area is 147 Å². The number of hydrogen-bond acceptors (Lipinski definition) is 3. The summed E-state index contributed by atoms with van der Waals surface area (Å²) in [4.78, 5) is 9.03. The molecule has 0 radical (unpaired) electrons. The van der Waals surface area contributed by atoms with E-state index in [1.165, 1.54) is 22.9 Å². The summed E-state index contributed by atoms with van der Waals surface area (Å²) in [6.07, 6.45) is 5.10. The van der Waals surface area contributed by atoms with Crippen LogP contribution >= 0.6 is 0 Å². The zero-order chi connectivity index (χ0) is 17.4. The van der Waals surface area contributed by atoms with Crippen LogP contribution in [0, 0.1) is 19.7 Å². The van der Waals surface area contributed by atoms with Gasteiger partial charge in [0, 0.05) is 35.6 Å². The molecule has 1 unspecified atom stereocenters. The molecule has 25 heavy (non-hydrogen) atoms. The Morgan fingerprint density at radius 1 is 1.24 bits per heavy atom. The topological polar surface area (TPSA) is 37.8 Å². The molecule has 0 fully saturated rings. The molecule has 1 N–H and O–H groups in total. The minimum atomic E-state index is -0.268. The Bertz CT molecular complexity index is 936. The highest BCUT2D eigenvalue weighted by atomic mass is 19.1. The van der Waals surface area contributed by atoms with Crippen molar-refractivity contribution in [3.8, 4) is 0 Å². The fourth-order valence-corrected chi connectivity index (χ4v) is 3.92. The maximum atomic E-state index is 13.8. The quantitative estimate of drug-likeness (QED) is 0.763. The van der Waals surface area contributed by atoms with Crippen molar-refractivity contribution in [2.75, 3.05) is 0 Å². The molecule has 1 aliphatic carbocycles. The largest absolute Gasteiger partial charge is 0.306 e. The molecule has 3 nitrogen and oxygen atoms in total. The van der Waals surface area contributed by atoms with E-state index in [4.69, 9.17) is 4.98 Å². The molecule has 0 saturated heterocycles. The van der Waals surface area contributed by atoms with Gasteiger partial charge in [-0.1, -0.05) is 12.1 Å². The predicted molar refractivity (Wildman–Crippen MR) is 97.9 cm³/mol. The van der Waals surface area contributed by atoms with Gasteiger partial charge in [0.15, 0.2) is 0 Å². The van der Waals surface area contributed by atoms with E-state index in [1.807, 2.05) is 12.1 Å². The van der Waals surface area contributed by atoms with E-state index >= 15 is 0 Å². The smallest absolute Gasteiger partial charge is 0.149 e. The summed E-state index contributed by atoms with van der Waals surface area (Å²) in [5, 5.41) is 4.50. The maximum Gasteiger partial charge on any atom is 0.149 e. The summed E-state index contributed by atoms with van der Waals surface area (Å²) < 4.78 is 13.8. The highest BCUT2D eigenvalue weighted by molar-refractivity contribution is 5.79. The zero-order valence-electron chi connectivity index (χ0n) is 14.6. The minimum Gasteiger partial charge on any atom is -0.306 e. The second-order valence-electron chi connectivity index (χ2n) is 6.92. The Morgan fingerprint density at radius 2 is 2.12 bits per heavy atom. The summed E-state index contributed by atoms with van der Waals surface area (Å²) in [6, 6.07) is 9.58. The molecule has 0 amide bonds. The van der Waals surface area contributed by atoms with Gasteiger partial charge >= 0.3 is 0 Å². The summed E-state index contributed by atoms with van der Waals surface area (Å²) in [6.45, 7) is 4.95. The molecule has 4 rings (SSSR count). The van der Waals surface area contributed by atoms with Crippen LogP contribution in [-0.2, 0) is 13.0 Å². The van der Waals surface area contributed by atoms with Gasteiger partial charge in [0.1, 0.15) is 11.3 Å². The number of nitrogens with zero attached hydrogens (tertiary/aromatic N) is 2. The Morgan fingerprint density at radius 3 is 3.00 bits per heavy atom. The fourth-order valence-electron chi connectivity index (χ4n) is 3.92. The number of nitrogens with one attached hydrogen (secondary N) is 1. The van der Waals surface area contributed by atoms with E-state index in [0.29, 0.717) is 11.6 Å². The molecule has 1 aromatic carbocycles. The van der Waals surface area contributed by atoms with Crippen molar-refractivity contribution in [3.63, 3.8) is 0 Å². The number of para-hydroxylation sites is 1. The first-order valence-electron chi connectivity index (χ1n) is 8.85. The monoisotopic (exact) mass is 335 g/mol. The van der Waals surface area contributed by atoms with E-state index in [0.717, 1.165) is 42.5 Å².